The van der Waals surface area contributed by atoms with Gasteiger partial charge in [0.2, 0.25) is 5.91 Å². The summed E-state index contributed by atoms with van der Waals surface area (Å²) in [6.07, 6.45) is -0.612. The van der Waals surface area contributed by atoms with Crippen molar-refractivity contribution in [3.05, 3.63) is 94.5 Å². The number of β-amino-alcohol motifs (C(OH)–C–C–N with tert-alkyl or cyclic N) is 1. The Hall–Kier alpha value is -3.19. The summed E-state index contributed by atoms with van der Waals surface area (Å²) in [5.41, 5.74) is 4.93. The molecule has 0 bridgehead atoms. The molecule has 2 heterocycles. The first-order valence-electron chi connectivity index (χ1n) is 12.5. The number of aliphatic hydroxyl groups excluding tert-OH is 1. The topological polar surface area (TPSA) is 64.1 Å². The van der Waals surface area contributed by atoms with Gasteiger partial charge in [0.25, 0.3) is 5.91 Å². The molecule has 1 N–H and O–H groups in total. The number of rotatable bonds is 3. The fraction of sp³-hybridized carbons (Fsp3) is 0.310. The van der Waals surface area contributed by atoms with Crippen LogP contribution in [0.25, 0.3) is 11.1 Å². The standard InChI is InChI=1S/C29H28ClN3O3/c30-20-11-9-19(10-12-20)28(35)32-15-13-31(14-16-32)25-17-33(18-26(25)34)29(36)27-23-7-3-1-5-21(23)22-6-2-4-8-24(22)27/h1-12,25-27,34H,13-18H2. The molecule has 3 aromatic carbocycles. The van der Waals surface area contributed by atoms with Gasteiger partial charge in [-0.1, -0.05) is 60.1 Å². The lowest BCUT2D eigenvalue weighted by molar-refractivity contribution is -0.131. The molecule has 0 radical (unpaired) electrons. The third-order valence-corrected chi connectivity index (χ3v) is 8.07. The van der Waals surface area contributed by atoms with Gasteiger partial charge in [0.15, 0.2) is 0 Å². The lowest BCUT2D eigenvalue weighted by atomic mass is 9.95. The number of carbonyl (C=O) groups excluding carboxylic acids is 2. The van der Waals surface area contributed by atoms with Crippen LogP contribution in [0.2, 0.25) is 5.02 Å². The number of halogens is 1. The van der Waals surface area contributed by atoms with Crippen molar-refractivity contribution in [1.82, 2.24) is 14.7 Å². The molecule has 6 rings (SSSR count). The summed E-state index contributed by atoms with van der Waals surface area (Å²) in [4.78, 5) is 32.5. The Bertz CT molecular complexity index is 1260. The van der Waals surface area contributed by atoms with E-state index in [0.29, 0.717) is 49.9 Å². The molecule has 0 saturated carbocycles. The van der Waals surface area contributed by atoms with Crippen molar-refractivity contribution < 1.29 is 14.7 Å². The SMILES string of the molecule is O=C(c1ccc(Cl)cc1)N1CCN(C2CN(C(=O)C3c4ccccc4-c4ccccc43)CC2O)CC1. The quantitative estimate of drug-likeness (QED) is 0.597. The van der Waals surface area contributed by atoms with E-state index >= 15 is 0 Å². The maximum atomic E-state index is 13.8. The molecule has 2 saturated heterocycles. The molecule has 1 aliphatic carbocycles. The van der Waals surface area contributed by atoms with E-state index in [-0.39, 0.29) is 23.8 Å². The maximum Gasteiger partial charge on any atom is 0.253 e. The van der Waals surface area contributed by atoms with E-state index in [0.717, 1.165) is 22.3 Å². The van der Waals surface area contributed by atoms with Crippen molar-refractivity contribution in [3.63, 3.8) is 0 Å². The summed E-state index contributed by atoms with van der Waals surface area (Å²) in [6.45, 7) is 3.32. The van der Waals surface area contributed by atoms with E-state index < -0.39 is 6.10 Å². The number of hydrogen-bond donors (Lipinski definition) is 1. The molecule has 0 aromatic heterocycles. The highest BCUT2D eigenvalue weighted by molar-refractivity contribution is 6.30. The summed E-state index contributed by atoms with van der Waals surface area (Å²) in [5.74, 6) is -0.295. The molecular formula is C29H28ClN3O3. The highest BCUT2D eigenvalue weighted by Crippen LogP contribution is 2.45. The predicted molar refractivity (Wildman–Crippen MR) is 139 cm³/mol. The van der Waals surface area contributed by atoms with Crippen LogP contribution in [0, 0.1) is 0 Å². The lowest BCUT2D eigenvalue weighted by Crippen LogP contribution is -2.55. The number of likely N-dealkylation sites (tertiary alicyclic amines) is 1. The van der Waals surface area contributed by atoms with Crippen molar-refractivity contribution in [2.45, 2.75) is 18.1 Å². The molecule has 7 heteroatoms. The minimum atomic E-state index is -0.612. The first-order valence-corrected chi connectivity index (χ1v) is 12.8. The van der Waals surface area contributed by atoms with Crippen LogP contribution >= 0.6 is 11.6 Å². The molecule has 184 valence electrons. The predicted octanol–water partition coefficient (Wildman–Crippen LogP) is 3.48. The number of piperazine rings is 1. The lowest BCUT2D eigenvalue weighted by Gasteiger charge is -2.38. The summed E-state index contributed by atoms with van der Waals surface area (Å²) in [7, 11) is 0. The minimum absolute atomic E-state index is 0.00587. The molecule has 36 heavy (non-hydrogen) atoms. The summed E-state index contributed by atoms with van der Waals surface area (Å²) in [6, 6.07) is 23.0. The van der Waals surface area contributed by atoms with Gasteiger partial charge in [-0.2, -0.15) is 0 Å². The first-order chi connectivity index (χ1) is 17.5. The molecule has 2 fully saturated rings. The Kier molecular flexibility index (Phi) is 6.04. The molecule has 2 unspecified atom stereocenters. The Morgan fingerprint density at radius 3 is 1.94 bits per heavy atom. The first kappa shape index (κ1) is 23.2. The fourth-order valence-electron chi connectivity index (χ4n) is 5.94. The van der Waals surface area contributed by atoms with E-state index in [1.807, 2.05) is 46.2 Å². The zero-order valence-electron chi connectivity index (χ0n) is 19.9. The van der Waals surface area contributed by atoms with Crippen LogP contribution in [0.3, 0.4) is 0 Å². The highest BCUT2D eigenvalue weighted by atomic mass is 35.5. The van der Waals surface area contributed by atoms with Gasteiger partial charge in [-0.25, -0.2) is 0 Å². The third kappa shape index (κ3) is 3.99. The molecule has 2 atom stereocenters. The zero-order chi connectivity index (χ0) is 24.8. The van der Waals surface area contributed by atoms with Crippen LogP contribution < -0.4 is 0 Å². The largest absolute Gasteiger partial charge is 0.390 e. The minimum Gasteiger partial charge on any atom is -0.390 e. The van der Waals surface area contributed by atoms with Crippen molar-refractivity contribution in [2.75, 3.05) is 39.3 Å². The van der Waals surface area contributed by atoms with Gasteiger partial charge >= 0.3 is 0 Å². The van der Waals surface area contributed by atoms with E-state index in [1.165, 1.54) is 0 Å². The number of aliphatic hydroxyl groups is 1. The average molecular weight is 502 g/mol. The Labute approximate surface area is 215 Å². The normalized spacial score (nSPS) is 21.9. The van der Waals surface area contributed by atoms with Crippen LogP contribution in [0.4, 0.5) is 0 Å². The monoisotopic (exact) mass is 501 g/mol. The molecule has 2 aliphatic heterocycles. The number of nitrogens with zero attached hydrogens (tertiary/aromatic N) is 3. The van der Waals surface area contributed by atoms with Crippen molar-refractivity contribution in [2.24, 2.45) is 0 Å². The molecule has 0 spiro atoms. The van der Waals surface area contributed by atoms with Crippen LogP contribution in [0.5, 0.6) is 0 Å². The summed E-state index contributed by atoms with van der Waals surface area (Å²) < 4.78 is 0. The highest BCUT2D eigenvalue weighted by Gasteiger charge is 2.43. The van der Waals surface area contributed by atoms with Gasteiger partial charge in [0, 0.05) is 49.9 Å². The Balaban J connectivity index is 1.13. The van der Waals surface area contributed by atoms with Gasteiger partial charge in [-0.3, -0.25) is 14.5 Å². The second-order valence-electron chi connectivity index (χ2n) is 9.82. The summed E-state index contributed by atoms with van der Waals surface area (Å²) >= 11 is 5.95. The van der Waals surface area contributed by atoms with E-state index in [9.17, 15) is 14.7 Å². The van der Waals surface area contributed by atoms with Crippen LogP contribution in [0.15, 0.2) is 72.8 Å². The fourth-order valence-corrected chi connectivity index (χ4v) is 6.07. The molecular weight excluding hydrogens is 474 g/mol. The van der Waals surface area contributed by atoms with E-state index in [2.05, 4.69) is 17.0 Å². The van der Waals surface area contributed by atoms with Gasteiger partial charge in [-0.15, -0.1) is 0 Å². The number of amides is 2. The van der Waals surface area contributed by atoms with Crippen molar-refractivity contribution >= 4 is 23.4 Å². The smallest absolute Gasteiger partial charge is 0.253 e. The van der Waals surface area contributed by atoms with Gasteiger partial charge in [0.05, 0.1) is 18.1 Å². The van der Waals surface area contributed by atoms with Gasteiger partial charge in [0.1, 0.15) is 0 Å². The average Bonchev–Trinajstić information content (AvgIpc) is 3.47. The third-order valence-electron chi connectivity index (χ3n) is 7.81. The number of benzene rings is 3. The maximum absolute atomic E-state index is 13.8. The Morgan fingerprint density at radius 1 is 0.750 bits per heavy atom. The van der Waals surface area contributed by atoms with Crippen LogP contribution in [-0.2, 0) is 4.79 Å². The van der Waals surface area contributed by atoms with Crippen LogP contribution in [-0.4, -0.2) is 83.0 Å². The molecule has 3 aromatic rings. The van der Waals surface area contributed by atoms with Gasteiger partial charge in [-0.05, 0) is 46.5 Å². The van der Waals surface area contributed by atoms with Crippen molar-refractivity contribution in [3.8, 4) is 11.1 Å². The molecule has 2 amide bonds. The number of fused-ring (bicyclic) bond motifs is 3. The van der Waals surface area contributed by atoms with E-state index in [4.69, 9.17) is 11.6 Å². The van der Waals surface area contributed by atoms with E-state index in [1.54, 1.807) is 24.3 Å². The second-order valence-corrected chi connectivity index (χ2v) is 10.3. The summed E-state index contributed by atoms with van der Waals surface area (Å²) in [5, 5.41) is 11.6. The van der Waals surface area contributed by atoms with Gasteiger partial charge < -0.3 is 14.9 Å². The Morgan fingerprint density at radius 2 is 1.33 bits per heavy atom. The zero-order valence-corrected chi connectivity index (χ0v) is 20.6. The van der Waals surface area contributed by atoms with Crippen molar-refractivity contribution in [1.29, 1.82) is 0 Å². The van der Waals surface area contributed by atoms with Crippen LogP contribution in [0.1, 0.15) is 27.4 Å². The molecule has 6 nitrogen and oxygen atoms in total. The molecule has 3 aliphatic rings. The second kappa shape index (κ2) is 9.36. The number of hydrogen-bond acceptors (Lipinski definition) is 4. The number of carbonyl (C=O) groups is 2.